The van der Waals surface area contributed by atoms with E-state index in [-0.39, 0.29) is 5.69 Å². The van der Waals surface area contributed by atoms with Crippen LogP contribution in [0.2, 0.25) is 0 Å². The van der Waals surface area contributed by atoms with Gasteiger partial charge in [-0.15, -0.1) is 0 Å². The van der Waals surface area contributed by atoms with Crippen molar-refractivity contribution in [2.45, 2.75) is 12.6 Å². The van der Waals surface area contributed by atoms with E-state index in [4.69, 9.17) is 0 Å². The molecule has 1 heterocycles. The Kier molecular flexibility index (Phi) is 5.06. The highest BCUT2D eigenvalue weighted by Gasteiger charge is 2.30. The van der Waals surface area contributed by atoms with Crippen LogP contribution in [0.25, 0.3) is 11.4 Å². The van der Waals surface area contributed by atoms with E-state index in [1.165, 1.54) is 18.2 Å². The van der Waals surface area contributed by atoms with Gasteiger partial charge in [0.1, 0.15) is 5.82 Å². The second-order valence-corrected chi connectivity index (χ2v) is 5.67. The summed E-state index contributed by atoms with van der Waals surface area (Å²) in [6, 6.07) is 10.9. The predicted octanol–water partition coefficient (Wildman–Crippen LogP) is 4.05. The molecule has 7 nitrogen and oxygen atoms in total. The SMILES string of the molecule is O=[N+]([O-])c1cccc(-c2n[nH]c(CCNc3cccc(C(F)(F)F)c3)n2)c1. The lowest BCUT2D eigenvalue weighted by atomic mass is 10.2. The number of nitro groups is 1. The Morgan fingerprint density at radius 3 is 2.67 bits per heavy atom. The van der Waals surface area contributed by atoms with Gasteiger partial charge in [0.15, 0.2) is 5.82 Å². The highest BCUT2D eigenvalue weighted by Crippen LogP contribution is 2.30. The van der Waals surface area contributed by atoms with Gasteiger partial charge >= 0.3 is 6.18 Å². The lowest BCUT2D eigenvalue weighted by molar-refractivity contribution is -0.384. The molecule has 3 aromatic rings. The number of halogens is 3. The molecule has 0 radical (unpaired) electrons. The number of hydrogen-bond donors (Lipinski definition) is 2. The molecule has 0 amide bonds. The van der Waals surface area contributed by atoms with Crippen molar-refractivity contribution in [3.8, 4) is 11.4 Å². The third-order valence-electron chi connectivity index (χ3n) is 3.73. The van der Waals surface area contributed by atoms with Gasteiger partial charge in [-0.25, -0.2) is 4.98 Å². The number of H-pyrrole nitrogens is 1. The maximum Gasteiger partial charge on any atom is 0.416 e. The number of nitrogens with one attached hydrogen (secondary N) is 2. The first-order chi connectivity index (χ1) is 12.8. The first-order valence-electron chi connectivity index (χ1n) is 7.90. The second kappa shape index (κ2) is 7.44. The molecular formula is C17H14F3N5O2. The van der Waals surface area contributed by atoms with Crippen molar-refractivity contribution in [2.75, 3.05) is 11.9 Å². The van der Waals surface area contributed by atoms with Crippen molar-refractivity contribution in [1.82, 2.24) is 15.2 Å². The Hall–Kier alpha value is -3.43. The van der Waals surface area contributed by atoms with Gasteiger partial charge < -0.3 is 5.32 Å². The van der Waals surface area contributed by atoms with E-state index < -0.39 is 16.7 Å². The Morgan fingerprint density at radius 1 is 1.15 bits per heavy atom. The standard InChI is InChI=1S/C17H14F3N5O2/c18-17(19,20)12-4-2-5-13(10-12)21-8-7-15-22-16(24-23-15)11-3-1-6-14(9-11)25(26)27/h1-6,9-10,21H,7-8H2,(H,22,23,24). The summed E-state index contributed by atoms with van der Waals surface area (Å²) in [5, 5.41) is 20.5. The monoisotopic (exact) mass is 377 g/mol. The predicted molar refractivity (Wildman–Crippen MR) is 92.1 cm³/mol. The average Bonchev–Trinajstić information content (AvgIpc) is 3.10. The number of rotatable bonds is 6. The molecule has 0 atom stereocenters. The molecule has 27 heavy (non-hydrogen) atoms. The van der Waals surface area contributed by atoms with Gasteiger partial charge in [0.2, 0.25) is 0 Å². The van der Waals surface area contributed by atoms with Gasteiger partial charge in [-0.1, -0.05) is 18.2 Å². The first-order valence-corrected chi connectivity index (χ1v) is 7.90. The maximum atomic E-state index is 12.7. The summed E-state index contributed by atoms with van der Waals surface area (Å²) in [7, 11) is 0. The summed E-state index contributed by atoms with van der Waals surface area (Å²) >= 11 is 0. The van der Waals surface area contributed by atoms with Crippen LogP contribution >= 0.6 is 0 Å². The van der Waals surface area contributed by atoms with E-state index in [9.17, 15) is 23.3 Å². The number of non-ortho nitro benzene ring substituents is 1. The lowest BCUT2D eigenvalue weighted by Gasteiger charge is -2.10. The Bertz CT molecular complexity index is 955. The fourth-order valence-electron chi connectivity index (χ4n) is 2.43. The van der Waals surface area contributed by atoms with Crippen LogP contribution in [-0.2, 0) is 12.6 Å². The molecule has 2 aromatic carbocycles. The molecule has 2 N–H and O–H groups in total. The normalized spacial score (nSPS) is 11.4. The number of nitrogens with zero attached hydrogens (tertiary/aromatic N) is 3. The van der Waals surface area contributed by atoms with Crippen molar-refractivity contribution in [3.05, 3.63) is 70.0 Å². The number of nitro benzene ring substituents is 1. The van der Waals surface area contributed by atoms with Crippen LogP contribution in [0.5, 0.6) is 0 Å². The summed E-state index contributed by atoms with van der Waals surface area (Å²) in [5.41, 5.74) is 0.0611. The van der Waals surface area contributed by atoms with Crippen LogP contribution < -0.4 is 5.32 Å². The molecule has 0 saturated heterocycles. The maximum absolute atomic E-state index is 12.7. The molecule has 0 spiro atoms. The fraction of sp³-hybridized carbons (Fsp3) is 0.176. The summed E-state index contributed by atoms with van der Waals surface area (Å²) in [4.78, 5) is 14.6. The summed E-state index contributed by atoms with van der Waals surface area (Å²) < 4.78 is 38.1. The minimum Gasteiger partial charge on any atom is -0.385 e. The van der Waals surface area contributed by atoms with E-state index in [0.717, 1.165) is 12.1 Å². The number of benzene rings is 2. The number of hydrogen-bond acceptors (Lipinski definition) is 5. The summed E-state index contributed by atoms with van der Waals surface area (Å²) in [5.74, 6) is 0.823. The van der Waals surface area contributed by atoms with Gasteiger partial charge in [-0.05, 0) is 18.2 Å². The van der Waals surface area contributed by atoms with E-state index in [1.54, 1.807) is 18.2 Å². The van der Waals surface area contributed by atoms with Crippen molar-refractivity contribution in [1.29, 1.82) is 0 Å². The first kappa shape index (κ1) is 18.4. The Morgan fingerprint density at radius 2 is 1.93 bits per heavy atom. The smallest absolute Gasteiger partial charge is 0.385 e. The van der Waals surface area contributed by atoms with E-state index in [2.05, 4.69) is 20.5 Å². The molecule has 0 bridgehead atoms. The van der Waals surface area contributed by atoms with Crippen LogP contribution in [0.15, 0.2) is 48.5 Å². The highest BCUT2D eigenvalue weighted by atomic mass is 19.4. The quantitative estimate of drug-likeness (QED) is 0.499. The molecule has 140 valence electrons. The third kappa shape index (κ3) is 4.60. The van der Waals surface area contributed by atoms with Crippen molar-refractivity contribution >= 4 is 11.4 Å². The second-order valence-electron chi connectivity index (χ2n) is 5.67. The van der Waals surface area contributed by atoms with E-state index >= 15 is 0 Å². The highest BCUT2D eigenvalue weighted by molar-refractivity contribution is 5.58. The molecular weight excluding hydrogens is 363 g/mol. The van der Waals surface area contributed by atoms with Crippen molar-refractivity contribution < 1.29 is 18.1 Å². The van der Waals surface area contributed by atoms with Crippen LogP contribution in [0.1, 0.15) is 11.4 Å². The van der Waals surface area contributed by atoms with Gasteiger partial charge in [-0.3, -0.25) is 15.2 Å². The van der Waals surface area contributed by atoms with Crippen molar-refractivity contribution in [3.63, 3.8) is 0 Å². The molecule has 1 aromatic heterocycles. The van der Waals surface area contributed by atoms with E-state index in [0.29, 0.717) is 35.9 Å². The topological polar surface area (TPSA) is 96.7 Å². The number of alkyl halides is 3. The molecule has 0 unspecified atom stereocenters. The number of anilines is 1. The summed E-state index contributed by atoms with van der Waals surface area (Å²) in [6.45, 7) is 0.338. The number of aromatic amines is 1. The van der Waals surface area contributed by atoms with Crippen LogP contribution in [0.3, 0.4) is 0 Å². The van der Waals surface area contributed by atoms with Crippen LogP contribution in [0.4, 0.5) is 24.5 Å². The Labute approximate surface area is 151 Å². The molecule has 0 aliphatic carbocycles. The van der Waals surface area contributed by atoms with Crippen LogP contribution in [0, 0.1) is 10.1 Å². The van der Waals surface area contributed by atoms with Gasteiger partial charge in [0.25, 0.3) is 5.69 Å². The largest absolute Gasteiger partial charge is 0.416 e. The molecule has 0 aliphatic rings. The molecule has 3 rings (SSSR count). The average molecular weight is 377 g/mol. The summed E-state index contributed by atoms with van der Waals surface area (Å²) in [6.07, 6.45) is -4.01. The molecule has 0 saturated carbocycles. The zero-order chi connectivity index (χ0) is 19.4. The Balaban J connectivity index is 1.62. The van der Waals surface area contributed by atoms with Crippen molar-refractivity contribution in [2.24, 2.45) is 0 Å². The van der Waals surface area contributed by atoms with Gasteiger partial charge in [0, 0.05) is 36.3 Å². The minimum atomic E-state index is -4.39. The molecule has 0 aliphatic heterocycles. The minimum absolute atomic E-state index is 0.0648. The van der Waals surface area contributed by atoms with Gasteiger partial charge in [0.05, 0.1) is 10.5 Å². The molecule has 0 fully saturated rings. The zero-order valence-electron chi connectivity index (χ0n) is 13.8. The van der Waals surface area contributed by atoms with Crippen LogP contribution in [-0.4, -0.2) is 26.6 Å². The van der Waals surface area contributed by atoms with Gasteiger partial charge in [-0.2, -0.15) is 18.3 Å². The van der Waals surface area contributed by atoms with E-state index in [1.807, 2.05) is 0 Å². The zero-order valence-corrected chi connectivity index (χ0v) is 13.8. The lowest BCUT2D eigenvalue weighted by Crippen LogP contribution is -2.09. The number of aromatic nitrogens is 3. The fourth-order valence-corrected chi connectivity index (χ4v) is 2.43. The third-order valence-corrected chi connectivity index (χ3v) is 3.73. The molecule has 10 heteroatoms.